The molecule has 0 atom stereocenters. The molecule has 0 fully saturated rings. The predicted molar refractivity (Wildman–Crippen MR) is 133 cm³/mol. The smallest absolute Gasteiger partial charge is 0.348 e. The van der Waals surface area contributed by atoms with Gasteiger partial charge in [0.05, 0.1) is 42.3 Å². The van der Waals surface area contributed by atoms with E-state index >= 15 is 0 Å². The lowest BCUT2D eigenvalue weighted by Crippen LogP contribution is -2.15. The van der Waals surface area contributed by atoms with Crippen LogP contribution in [0.1, 0.15) is 48.6 Å². The molecule has 0 radical (unpaired) electrons. The number of fused-ring (bicyclic) bond motifs is 1. The zero-order chi connectivity index (χ0) is 25.3. The summed E-state index contributed by atoms with van der Waals surface area (Å²) < 4.78 is 11.7. The Labute approximate surface area is 205 Å². The summed E-state index contributed by atoms with van der Waals surface area (Å²) in [5.41, 5.74) is 3.83. The van der Waals surface area contributed by atoms with Crippen molar-refractivity contribution < 1.29 is 23.9 Å². The SMILES string of the molecule is CCOC(=O)c1sc(NC(=O)c2cc(-c3cnn(C)c3C)nc3ccccc23)c(C(=O)OC)c1C. The molecule has 35 heavy (non-hydrogen) atoms. The van der Waals surface area contributed by atoms with Crippen LogP contribution in [-0.2, 0) is 16.5 Å². The van der Waals surface area contributed by atoms with Crippen LogP contribution in [0.15, 0.2) is 36.5 Å². The molecule has 1 aromatic carbocycles. The third-order valence-corrected chi connectivity index (χ3v) is 6.88. The molecular weight excluding hydrogens is 468 g/mol. The van der Waals surface area contributed by atoms with Gasteiger partial charge in [-0.2, -0.15) is 5.10 Å². The van der Waals surface area contributed by atoms with E-state index in [-0.39, 0.29) is 22.0 Å². The first-order valence-corrected chi connectivity index (χ1v) is 11.7. The quantitative estimate of drug-likeness (QED) is 0.394. The number of nitrogens with zero attached hydrogens (tertiary/aromatic N) is 3. The lowest BCUT2D eigenvalue weighted by molar-refractivity contribution is 0.0531. The Balaban J connectivity index is 1.82. The molecule has 0 unspecified atom stereocenters. The first-order valence-electron chi connectivity index (χ1n) is 10.9. The Morgan fingerprint density at radius 1 is 1.14 bits per heavy atom. The molecule has 1 N–H and O–H groups in total. The summed E-state index contributed by atoms with van der Waals surface area (Å²) in [6.07, 6.45) is 1.71. The average Bonchev–Trinajstić information content (AvgIpc) is 3.36. The molecule has 4 aromatic rings. The van der Waals surface area contributed by atoms with Crippen LogP contribution in [0.4, 0.5) is 5.00 Å². The van der Waals surface area contributed by atoms with Gasteiger partial charge in [-0.15, -0.1) is 11.3 Å². The van der Waals surface area contributed by atoms with Crippen molar-refractivity contribution in [2.75, 3.05) is 19.0 Å². The number of thiophene rings is 1. The van der Waals surface area contributed by atoms with Crippen LogP contribution in [0.3, 0.4) is 0 Å². The number of pyridine rings is 1. The monoisotopic (exact) mass is 492 g/mol. The molecule has 0 bridgehead atoms. The van der Waals surface area contributed by atoms with Crippen LogP contribution >= 0.6 is 11.3 Å². The van der Waals surface area contributed by atoms with Crippen molar-refractivity contribution >= 4 is 45.1 Å². The van der Waals surface area contributed by atoms with E-state index in [0.717, 1.165) is 22.6 Å². The molecule has 0 aliphatic heterocycles. The summed E-state index contributed by atoms with van der Waals surface area (Å²) in [5.74, 6) is -1.67. The first kappa shape index (κ1) is 24.1. The maximum Gasteiger partial charge on any atom is 0.348 e. The van der Waals surface area contributed by atoms with Crippen molar-refractivity contribution in [3.8, 4) is 11.3 Å². The molecule has 0 aliphatic carbocycles. The third kappa shape index (κ3) is 4.40. The zero-order valence-corrected chi connectivity index (χ0v) is 20.8. The second kappa shape index (κ2) is 9.67. The van der Waals surface area contributed by atoms with Gasteiger partial charge in [-0.1, -0.05) is 18.2 Å². The van der Waals surface area contributed by atoms with Gasteiger partial charge in [0.1, 0.15) is 9.88 Å². The van der Waals surface area contributed by atoms with Crippen LogP contribution in [0, 0.1) is 13.8 Å². The zero-order valence-electron chi connectivity index (χ0n) is 20.0. The second-order valence-corrected chi connectivity index (χ2v) is 8.79. The molecule has 0 spiro atoms. The largest absolute Gasteiger partial charge is 0.465 e. The van der Waals surface area contributed by atoms with Gasteiger partial charge in [0.2, 0.25) is 0 Å². The number of amides is 1. The fourth-order valence-corrected chi connectivity index (χ4v) is 4.85. The van der Waals surface area contributed by atoms with Gasteiger partial charge in [0.25, 0.3) is 5.91 Å². The number of nitrogens with one attached hydrogen (secondary N) is 1. The predicted octanol–water partition coefficient (Wildman–Crippen LogP) is 4.53. The van der Waals surface area contributed by atoms with Crippen molar-refractivity contribution in [3.05, 3.63) is 63.8 Å². The van der Waals surface area contributed by atoms with Gasteiger partial charge in [-0.25, -0.2) is 14.6 Å². The van der Waals surface area contributed by atoms with Crippen LogP contribution < -0.4 is 5.32 Å². The molecule has 9 nitrogen and oxygen atoms in total. The van der Waals surface area contributed by atoms with E-state index in [0.29, 0.717) is 27.7 Å². The van der Waals surface area contributed by atoms with E-state index in [4.69, 9.17) is 14.5 Å². The highest BCUT2D eigenvalue weighted by molar-refractivity contribution is 7.18. The maximum atomic E-state index is 13.6. The van der Waals surface area contributed by atoms with Gasteiger partial charge in [-0.05, 0) is 38.5 Å². The minimum absolute atomic E-state index is 0.121. The first-order chi connectivity index (χ1) is 16.8. The minimum Gasteiger partial charge on any atom is -0.465 e. The molecule has 4 rings (SSSR count). The molecule has 3 aromatic heterocycles. The summed E-state index contributed by atoms with van der Waals surface area (Å²) in [7, 11) is 3.08. The molecule has 0 saturated heterocycles. The van der Waals surface area contributed by atoms with E-state index < -0.39 is 17.8 Å². The van der Waals surface area contributed by atoms with Crippen molar-refractivity contribution in [2.45, 2.75) is 20.8 Å². The van der Waals surface area contributed by atoms with E-state index in [1.165, 1.54) is 7.11 Å². The Morgan fingerprint density at radius 2 is 1.89 bits per heavy atom. The van der Waals surface area contributed by atoms with E-state index in [1.807, 2.05) is 38.2 Å². The summed E-state index contributed by atoms with van der Waals surface area (Å²) in [6, 6.07) is 9.01. The Kier molecular flexibility index (Phi) is 6.65. The summed E-state index contributed by atoms with van der Waals surface area (Å²) >= 11 is 0.976. The second-order valence-electron chi connectivity index (χ2n) is 7.77. The van der Waals surface area contributed by atoms with Crippen LogP contribution in [0.25, 0.3) is 22.2 Å². The van der Waals surface area contributed by atoms with Gasteiger partial charge < -0.3 is 14.8 Å². The van der Waals surface area contributed by atoms with Crippen molar-refractivity contribution in [3.63, 3.8) is 0 Å². The molecule has 1 amide bonds. The molecule has 10 heteroatoms. The fraction of sp³-hybridized carbons (Fsp3) is 0.240. The van der Waals surface area contributed by atoms with Crippen molar-refractivity contribution in [2.24, 2.45) is 7.05 Å². The number of benzene rings is 1. The number of rotatable bonds is 6. The van der Waals surface area contributed by atoms with Crippen LogP contribution in [0.2, 0.25) is 0 Å². The Hall–Kier alpha value is -4.05. The number of aromatic nitrogens is 3. The number of ether oxygens (including phenoxy) is 2. The normalized spacial score (nSPS) is 10.9. The topological polar surface area (TPSA) is 112 Å². The lowest BCUT2D eigenvalue weighted by Gasteiger charge is -2.11. The Bertz CT molecular complexity index is 1470. The number of methoxy groups -OCH3 is 1. The van der Waals surface area contributed by atoms with Gasteiger partial charge in [0.15, 0.2) is 0 Å². The number of hydrogen-bond acceptors (Lipinski definition) is 8. The van der Waals surface area contributed by atoms with E-state index in [1.54, 1.807) is 30.8 Å². The number of anilines is 1. The third-order valence-electron chi connectivity index (χ3n) is 5.70. The van der Waals surface area contributed by atoms with E-state index in [2.05, 4.69) is 10.4 Å². The maximum absolute atomic E-state index is 13.6. The molecular formula is C25H24N4O5S. The number of aryl methyl sites for hydroxylation is 1. The van der Waals surface area contributed by atoms with E-state index in [9.17, 15) is 14.4 Å². The summed E-state index contributed by atoms with van der Waals surface area (Å²) in [6.45, 7) is 5.43. The highest BCUT2D eigenvalue weighted by Crippen LogP contribution is 2.35. The Morgan fingerprint density at radius 3 is 2.54 bits per heavy atom. The van der Waals surface area contributed by atoms with Gasteiger partial charge in [0, 0.05) is 23.7 Å². The molecule has 0 aliphatic rings. The lowest BCUT2D eigenvalue weighted by atomic mass is 10.0. The van der Waals surface area contributed by atoms with Crippen LogP contribution in [0.5, 0.6) is 0 Å². The highest BCUT2D eigenvalue weighted by Gasteiger charge is 2.28. The molecule has 3 heterocycles. The van der Waals surface area contributed by atoms with Crippen LogP contribution in [-0.4, -0.2) is 46.3 Å². The van der Waals surface area contributed by atoms with Crippen molar-refractivity contribution in [1.82, 2.24) is 14.8 Å². The minimum atomic E-state index is -0.657. The number of esters is 2. The number of hydrogen-bond donors (Lipinski definition) is 1. The standard InChI is InChI=1S/C25H24N4O5S/c1-6-34-25(32)21-13(2)20(24(31)33-5)23(35-21)28-22(30)16-11-19(17-12-26-29(4)14(17)3)27-18-10-8-7-9-15(16)18/h7-12H,6H2,1-5H3,(H,28,30). The average molecular weight is 493 g/mol. The summed E-state index contributed by atoms with van der Waals surface area (Å²) in [5, 5.41) is 7.95. The van der Waals surface area contributed by atoms with Gasteiger partial charge >= 0.3 is 11.9 Å². The van der Waals surface area contributed by atoms with Gasteiger partial charge in [-0.3, -0.25) is 9.48 Å². The number of carbonyl (C=O) groups excluding carboxylic acids is 3. The highest BCUT2D eigenvalue weighted by atomic mass is 32.1. The van der Waals surface area contributed by atoms with Crippen molar-refractivity contribution in [1.29, 1.82) is 0 Å². The number of carbonyl (C=O) groups is 3. The summed E-state index contributed by atoms with van der Waals surface area (Å²) in [4.78, 5) is 43.4. The fourth-order valence-electron chi connectivity index (χ4n) is 3.76. The molecule has 0 saturated carbocycles. The molecule has 180 valence electrons. The number of para-hydroxylation sites is 1.